The minimum Gasteiger partial charge on any atom is -0.394 e. The van der Waals surface area contributed by atoms with Crippen LogP contribution in [0.1, 0.15) is 75.9 Å². The number of nitrogens with two attached hydrogens (primary N) is 6. The lowest BCUT2D eigenvalue weighted by Gasteiger charge is -2.26. The van der Waals surface area contributed by atoms with Gasteiger partial charge in [0.05, 0.1) is 83.7 Å². The highest BCUT2D eigenvalue weighted by Gasteiger charge is 2.52. The normalized spacial score (nSPS) is 29.4. The summed E-state index contributed by atoms with van der Waals surface area (Å²) in [6, 6.07) is 0. The van der Waals surface area contributed by atoms with Crippen molar-refractivity contribution in [2.24, 2.45) is 0 Å². The molecule has 12 aromatic heterocycles. The first-order valence-electron chi connectivity index (χ1n) is 37.0. The molecular weight excluding hydrogens is 1740 g/mol. The van der Waals surface area contributed by atoms with E-state index in [-0.39, 0.29) is 128 Å². The minimum absolute atomic E-state index is 0.00825. The second kappa shape index (κ2) is 33.3. The van der Waals surface area contributed by atoms with Gasteiger partial charge in [0.25, 0.3) is 0 Å². The Morgan fingerprint density at radius 2 is 0.480 bits per heavy atom. The molecule has 123 heavy (non-hydrogen) atoms. The Labute approximate surface area is 685 Å². The minimum atomic E-state index is -5.54. The van der Waals surface area contributed by atoms with E-state index in [1.54, 1.807) is 0 Å². The number of aliphatic hydroxyl groups is 2. The maximum absolute atomic E-state index is 14.6. The first kappa shape index (κ1) is 84.2. The fourth-order valence-electron chi connectivity index (χ4n) is 15.0. The number of rotatable bonds is 32. The molecule has 19 N–H and O–H groups in total. The van der Waals surface area contributed by atoms with Gasteiger partial charge in [-0.05, 0) is 0 Å². The molecule has 5 unspecified atom stereocenters. The van der Waals surface area contributed by atoms with Crippen molar-refractivity contribution < 1.29 is 131 Å². The molecule has 0 radical (unpaired) electrons. The lowest BCUT2D eigenvalue weighted by molar-refractivity contribution is -0.0639. The number of imidazole rings is 6. The molecule has 58 nitrogen and oxygen atoms in total. The van der Waals surface area contributed by atoms with Gasteiger partial charge < -0.3 is 97.5 Å². The molecule has 6 aliphatic rings. The number of nitrogens with zero attached hydrogens (tertiary/aromatic N) is 24. The largest absolute Gasteiger partial charge is 0.472 e. The number of nitrogen functional groups attached to an aromatic ring is 6. The van der Waals surface area contributed by atoms with E-state index >= 15 is 0 Å². The van der Waals surface area contributed by atoms with E-state index < -0.39 is 202 Å². The number of anilines is 6. The second-order valence-corrected chi connectivity index (χ2v) is 35.5. The van der Waals surface area contributed by atoms with Crippen LogP contribution in [0.25, 0.3) is 67.0 Å². The van der Waals surface area contributed by atoms with Crippen LogP contribution in [-0.4, -0.2) is 265 Å². The molecule has 656 valence electrons. The van der Waals surface area contributed by atoms with Gasteiger partial charge in [-0.2, -0.15) is 0 Å². The summed E-state index contributed by atoms with van der Waals surface area (Å²) < 4.78 is 174. The smallest absolute Gasteiger partial charge is 0.394 e. The third-order valence-corrected chi connectivity index (χ3v) is 25.9. The summed E-state index contributed by atoms with van der Waals surface area (Å²) in [6.45, 7) is -5.23. The summed E-state index contributed by atoms with van der Waals surface area (Å²) in [4.78, 5) is 133. The lowest BCUT2D eigenvalue weighted by Crippen LogP contribution is -2.32. The van der Waals surface area contributed by atoms with Crippen molar-refractivity contribution in [2.45, 2.75) is 149 Å². The zero-order valence-corrected chi connectivity index (χ0v) is 67.4. The van der Waals surface area contributed by atoms with Crippen molar-refractivity contribution in [1.29, 1.82) is 0 Å². The Bertz CT molecular complexity index is 6220. The monoisotopic (exact) mass is 1820 g/mol. The standard InChI is InChI=1S/C60H73N30O28P5/c61-49-43-55(73-13-67-49)85(19-79-43)37-1-25(92)32(109-37)8-103-119(93,94)115-27-3-39(87-21-81-45-51(63)69-15-75-57(45)87)111-34(27)10-105-121(97,98)117-29-5-41(89-23-83-47-53(65)71-17-77-59(47)89)113-36(29)12-107-123(101,102)118-30-6-42(90-24-84-48-54(66)72-18-78-60(48)90)112-35(30)11-106-122(99,100)116-28-4-40(88-22-82-46-52(64)70-16-76-58(46)88)110-33(28)9-104-120(95,96)114-26-2-38(108-31(26)7-91)86-20-80-44-50(62)68-14-74-56(44)86/h13-42,91-92H,1-12H2,(H,93,94)(H,95,96)(H,97,98)(H,99,100)(H,101,102)(H2,61,67,73)(H2,62,68,74)(H2,63,69,75)(H2,64,70,76)(H2,65,71,77)(H2,66,72,78)/t25-,26-,27-,28-,29-,30-,31+,32+,33+,34+,35+,36+,37+,38+,39+,40+,41+,42+/m0/s1. The number of phosphoric acid groups is 5. The van der Waals surface area contributed by atoms with Gasteiger partial charge in [0.1, 0.15) is 176 Å². The molecule has 6 saturated heterocycles. The molecule has 63 heteroatoms. The van der Waals surface area contributed by atoms with E-state index in [2.05, 4.69) is 89.7 Å². The molecule has 18 rings (SSSR count). The van der Waals surface area contributed by atoms with E-state index in [0.717, 1.165) is 25.3 Å². The number of ether oxygens (including phenoxy) is 6. The van der Waals surface area contributed by atoms with Gasteiger partial charge in [0, 0.05) is 38.5 Å². The molecule has 0 aliphatic carbocycles. The number of fused-ring (bicyclic) bond motifs is 6. The maximum atomic E-state index is 14.6. The maximum Gasteiger partial charge on any atom is 0.472 e. The first-order valence-corrected chi connectivity index (χ1v) is 44.4. The lowest BCUT2D eigenvalue weighted by atomic mass is 10.2. The van der Waals surface area contributed by atoms with Crippen LogP contribution in [0, 0.1) is 0 Å². The molecular formula is C60H73N30O28P5. The number of hydrogen-bond acceptors (Lipinski definition) is 47. The SMILES string of the molecule is Nc1ncnc2c1ncn2[C@H]1C[C@H](OP(=O)(O)OC[C@H]2O[C@@H](n3cnc4c(N)ncnc43)C[C@@H]2OP(=O)(O)OC[C@H]2O[C@@H](n3cnc4c(N)ncnc43)C[C@@H]2OP(=O)(O)OC[C@H]2O[C@@H](n3cnc4c(N)ncnc43)C[C@@H]2OP(=O)(O)OC[C@H]2O[C@@H](n3cnc4c(N)ncnc43)C[C@@H]2OP(=O)(O)OC[C@H]2O[C@@H](n3cnc4c(N)ncnc43)C[C@@H]2O)[C@@H](CO)O1. The number of aromatic nitrogens is 24. The topological polar surface area (TPSA) is 792 Å². The average Bonchev–Trinajstić information content (AvgIpc) is 1.65. The van der Waals surface area contributed by atoms with Crippen molar-refractivity contribution in [2.75, 3.05) is 74.0 Å². The molecule has 6 fully saturated rings. The molecule has 18 heterocycles. The number of hydrogen-bond donors (Lipinski definition) is 13. The summed E-state index contributed by atoms with van der Waals surface area (Å²) in [5.41, 5.74) is 38.4. The van der Waals surface area contributed by atoms with Gasteiger partial charge in [-0.25, -0.2) is 113 Å². The third-order valence-electron chi connectivity index (χ3n) is 20.8. The molecule has 0 aromatic carbocycles. The van der Waals surface area contributed by atoms with Gasteiger partial charge in [-0.15, -0.1) is 0 Å². The Morgan fingerprint density at radius 3 is 0.699 bits per heavy atom. The zero-order valence-electron chi connectivity index (χ0n) is 62.9. The highest BCUT2D eigenvalue weighted by atomic mass is 31.2. The summed E-state index contributed by atoms with van der Waals surface area (Å²) >= 11 is 0. The second-order valence-electron chi connectivity index (χ2n) is 28.5. The van der Waals surface area contributed by atoms with Gasteiger partial charge >= 0.3 is 39.1 Å². The van der Waals surface area contributed by atoms with Crippen molar-refractivity contribution in [3.63, 3.8) is 0 Å². The van der Waals surface area contributed by atoms with Gasteiger partial charge in [0.2, 0.25) is 0 Å². The van der Waals surface area contributed by atoms with Crippen LogP contribution < -0.4 is 34.4 Å². The van der Waals surface area contributed by atoms with Gasteiger partial charge in [-0.3, -0.25) is 72.6 Å². The first-order chi connectivity index (χ1) is 58.9. The molecule has 0 spiro atoms. The zero-order chi connectivity index (χ0) is 85.8. The highest BCUT2D eigenvalue weighted by Crippen LogP contribution is 2.57. The van der Waals surface area contributed by atoms with Crippen LogP contribution in [0.15, 0.2) is 75.9 Å². The van der Waals surface area contributed by atoms with Crippen LogP contribution in [0.3, 0.4) is 0 Å². The summed E-state index contributed by atoms with van der Waals surface area (Å²) in [6.07, 6.45) is -11.3. The van der Waals surface area contributed by atoms with E-state index in [4.69, 9.17) is 108 Å². The van der Waals surface area contributed by atoms with E-state index in [1.165, 1.54) is 78.0 Å². The molecule has 12 aromatic rings. The third kappa shape index (κ3) is 17.3. The number of aliphatic hydroxyl groups excluding tert-OH is 2. The van der Waals surface area contributed by atoms with Crippen molar-refractivity contribution >= 4 is 141 Å². The average molecular weight is 1820 g/mol. The quantitative estimate of drug-likeness (QED) is 0.0249. The van der Waals surface area contributed by atoms with Crippen molar-refractivity contribution in [3.05, 3.63) is 75.9 Å². The predicted molar refractivity (Wildman–Crippen MR) is 406 cm³/mol. The van der Waals surface area contributed by atoms with Gasteiger partial charge in [0.15, 0.2) is 68.8 Å². The molecule has 0 amide bonds. The molecule has 0 bridgehead atoms. The summed E-state index contributed by atoms with van der Waals surface area (Å²) in [5, 5.41) is 21.4. The van der Waals surface area contributed by atoms with Crippen LogP contribution >= 0.6 is 39.1 Å². The van der Waals surface area contributed by atoms with E-state index in [9.17, 15) is 57.5 Å². The highest BCUT2D eigenvalue weighted by molar-refractivity contribution is 7.48. The van der Waals surface area contributed by atoms with Crippen LogP contribution in [0.2, 0.25) is 0 Å². The van der Waals surface area contributed by atoms with Crippen LogP contribution in [0.5, 0.6) is 0 Å². The Hall–Kier alpha value is -9.67. The van der Waals surface area contributed by atoms with E-state index in [1.807, 2.05) is 0 Å². The van der Waals surface area contributed by atoms with E-state index in [0.29, 0.717) is 0 Å². The predicted octanol–water partition coefficient (Wildman–Crippen LogP) is 0.108. The van der Waals surface area contributed by atoms with Crippen LogP contribution in [0.4, 0.5) is 34.9 Å². The van der Waals surface area contributed by atoms with Crippen LogP contribution in [-0.2, 0) is 96.5 Å². The van der Waals surface area contributed by atoms with Crippen molar-refractivity contribution in [3.8, 4) is 0 Å². The van der Waals surface area contributed by atoms with Gasteiger partial charge in [-0.1, -0.05) is 0 Å². The Kier molecular flexibility index (Phi) is 22.8. The molecule has 23 atom stereocenters. The molecule has 6 aliphatic heterocycles. The summed E-state index contributed by atoms with van der Waals surface area (Å²) in [5.74, 6) is 0.0505. The Balaban J connectivity index is 0.561. The Morgan fingerprint density at radius 1 is 0.293 bits per heavy atom. The fraction of sp³-hybridized carbons (Fsp3) is 0.500. The molecule has 0 saturated carbocycles. The van der Waals surface area contributed by atoms with Crippen molar-refractivity contribution in [1.82, 2.24) is 117 Å². The summed E-state index contributed by atoms with van der Waals surface area (Å²) in [7, 11) is -26.9. The fourth-order valence-corrected chi connectivity index (χ4v) is 19.8. The number of phosphoric ester groups is 5.